The highest BCUT2D eigenvalue weighted by molar-refractivity contribution is 7.93. The van der Waals surface area contributed by atoms with E-state index < -0.39 is 47.2 Å². The molecule has 38 heavy (non-hydrogen) atoms. The molecule has 3 rings (SSSR count). The number of nitrogens with one attached hydrogen (secondary N) is 2. The lowest BCUT2D eigenvalue weighted by atomic mass is 10.3. The van der Waals surface area contributed by atoms with Crippen molar-refractivity contribution in [3.63, 3.8) is 0 Å². The average Bonchev–Trinajstić information content (AvgIpc) is 2.88. The molecule has 3 aromatic carbocycles. The molecule has 0 aliphatic rings. The molecule has 0 aliphatic heterocycles. The van der Waals surface area contributed by atoms with Crippen LogP contribution in [0, 0.1) is 11.6 Å². The van der Waals surface area contributed by atoms with Gasteiger partial charge in [0.05, 0.1) is 36.6 Å². The zero-order valence-electron chi connectivity index (χ0n) is 21.0. The highest BCUT2D eigenvalue weighted by Crippen LogP contribution is 2.32. The fourth-order valence-corrected chi connectivity index (χ4v) is 5.64. The topological polar surface area (TPSA) is 120 Å². The quantitative estimate of drug-likeness (QED) is 0.292. The first-order valence-electron chi connectivity index (χ1n) is 11.6. The molecule has 0 radical (unpaired) electrons. The number of rotatable bonds is 13. The molecule has 206 valence electrons. The van der Waals surface area contributed by atoms with Gasteiger partial charge in [0, 0.05) is 12.1 Å². The molecule has 0 heterocycles. The fourth-order valence-electron chi connectivity index (χ4n) is 3.22. The Morgan fingerprint density at radius 3 is 1.68 bits per heavy atom. The number of benzene rings is 3. The second kappa shape index (κ2) is 12.3. The standard InChI is InChI=1S/C25H28F2N2O7S2/c1-4-12-35-17-6-9-20(26)22(14-17)28-37(30,31)19-8-11-24(34-3)25(16-19)38(32,33)29-23-15-18(36-13-5-2)7-10-21(23)27/h6-11,14-16,28-29H,4-5,12-13H2,1-3H3. The number of halogens is 2. The second-order valence-electron chi connectivity index (χ2n) is 8.00. The number of hydrogen-bond acceptors (Lipinski definition) is 7. The van der Waals surface area contributed by atoms with Crippen molar-refractivity contribution in [3.8, 4) is 17.2 Å². The summed E-state index contributed by atoms with van der Waals surface area (Å²) in [5.74, 6) is -1.44. The summed E-state index contributed by atoms with van der Waals surface area (Å²) in [5.41, 5.74) is -0.791. The molecule has 0 bridgehead atoms. The van der Waals surface area contributed by atoms with Gasteiger partial charge in [-0.3, -0.25) is 9.44 Å². The second-order valence-corrected chi connectivity index (χ2v) is 11.3. The lowest BCUT2D eigenvalue weighted by molar-refractivity contribution is 0.317. The SMILES string of the molecule is CCCOc1ccc(F)c(NS(=O)(=O)c2ccc(OC)c(S(=O)(=O)Nc3cc(OCCC)ccc3F)c2)c1. The van der Waals surface area contributed by atoms with Gasteiger partial charge in [0.15, 0.2) is 0 Å². The highest BCUT2D eigenvalue weighted by Gasteiger charge is 2.26. The number of sulfonamides is 2. The Labute approximate surface area is 220 Å². The van der Waals surface area contributed by atoms with Gasteiger partial charge in [0.1, 0.15) is 33.8 Å². The van der Waals surface area contributed by atoms with Gasteiger partial charge in [-0.25, -0.2) is 25.6 Å². The van der Waals surface area contributed by atoms with Crippen molar-refractivity contribution in [2.24, 2.45) is 0 Å². The van der Waals surface area contributed by atoms with Gasteiger partial charge in [0.25, 0.3) is 20.0 Å². The Balaban J connectivity index is 1.96. The van der Waals surface area contributed by atoms with Crippen molar-refractivity contribution in [3.05, 3.63) is 66.2 Å². The van der Waals surface area contributed by atoms with E-state index in [-0.39, 0.29) is 22.9 Å². The van der Waals surface area contributed by atoms with Gasteiger partial charge in [-0.05, 0) is 55.3 Å². The van der Waals surface area contributed by atoms with Crippen molar-refractivity contribution in [2.45, 2.75) is 36.5 Å². The summed E-state index contributed by atoms with van der Waals surface area (Å²) in [6.45, 7) is 4.44. The predicted molar refractivity (Wildman–Crippen MR) is 139 cm³/mol. The minimum atomic E-state index is -4.55. The van der Waals surface area contributed by atoms with E-state index in [2.05, 4.69) is 9.44 Å². The zero-order valence-corrected chi connectivity index (χ0v) is 22.6. The Morgan fingerprint density at radius 1 is 0.711 bits per heavy atom. The molecule has 2 N–H and O–H groups in total. The van der Waals surface area contributed by atoms with Crippen LogP contribution in [0.5, 0.6) is 17.2 Å². The van der Waals surface area contributed by atoms with Crippen LogP contribution in [0.2, 0.25) is 0 Å². The molecule has 0 aliphatic carbocycles. The molecular weight excluding hydrogens is 542 g/mol. The highest BCUT2D eigenvalue weighted by atomic mass is 32.2. The van der Waals surface area contributed by atoms with Crippen LogP contribution in [0.4, 0.5) is 20.2 Å². The summed E-state index contributed by atoms with van der Waals surface area (Å²) < 4.78 is 101. The Bertz CT molecular complexity index is 1500. The number of methoxy groups -OCH3 is 1. The van der Waals surface area contributed by atoms with Gasteiger partial charge >= 0.3 is 0 Å². The van der Waals surface area contributed by atoms with Crippen molar-refractivity contribution in [2.75, 3.05) is 29.8 Å². The van der Waals surface area contributed by atoms with Crippen molar-refractivity contribution in [1.29, 1.82) is 0 Å². The van der Waals surface area contributed by atoms with Crippen molar-refractivity contribution >= 4 is 31.4 Å². The molecule has 0 saturated carbocycles. The van der Waals surface area contributed by atoms with Crippen LogP contribution in [0.15, 0.2) is 64.4 Å². The third kappa shape index (κ3) is 7.04. The molecule has 0 saturated heterocycles. The maximum Gasteiger partial charge on any atom is 0.265 e. The van der Waals surface area contributed by atoms with Gasteiger partial charge in [0.2, 0.25) is 0 Å². The van der Waals surface area contributed by atoms with E-state index in [4.69, 9.17) is 14.2 Å². The largest absolute Gasteiger partial charge is 0.495 e. The summed E-state index contributed by atoms with van der Waals surface area (Å²) in [7, 11) is -7.83. The first-order valence-corrected chi connectivity index (χ1v) is 14.6. The Kier molecular flexibility index (Phi) is 9.39. The molecule has 0 spiro atoms. The smallest absolute Gasteiger partial charge is 0.265 e. The first kappa shape index (κ1) is 29.0. The van der Waals surface area contributed by atoms with E-state index >= 15 is 0 Å². The summed E-state index contributed by atoms with van der Waals surface area (Å²) in [6, 6.07) is 10.2. The van der Waals surface area contributed by atoms with Crippen LogP contribution < -0.4 is 23.7 Å². The molecule has 0 amide bonds. The Hall–Kier alpha value is -3.58. The third-order valence-corrected chi connectivity index (χ3v) is 7.79. The van der Waals surface area contributed by atoms with E-state index in [0.717, 1.165) is 30.3 Å². The van der Waals surface area contributed by atoms with Crippen LogP contribution in [0.1, 0.15) is 26.7 Å². The van der Waals surface area contributed by atoms with E-state index in [1.54, 1.807) is 0 Å². The van der Waals surface area contributed by atoms with Crippen LogP contribution in [0.3, 0.4) is 0 Å². The van der Waals surface area contributed by atoms with E-state index in [1.807, 2.05) is 13.8 Å². The number of anilines is 2. The van der Waals surface area contributed by atoms with Crippen LogP contribution in [0.25, 0.3) is 0 Å². The van der Waals surface area contributed by atoms with Crippen molar-refractivity contribution in [1.82, 2.24) is 0 Å². The van der Waals surface area contributed by atoms with Crippen molar-refractivity contribution < 1.29 is 39.8 Å². The molecule has 9 nitrogen and oxygen atoms in total. The van der Waals surface area contributed by atoms with E-state index in [9.17, 15) is 25.6 Å². The number of ether oxygens (including phenoxy) is 3. The van der Waals surface area contributed by atoms with E-state index in [1.165, 1.54) is 31.4 Å². The number of hydrogen-bond donors (Lipinski definition) is 2. The fraction of sp³-hybridized carbons (Fsp3) is 0.280. The van der Waals surface area contributed by atoms with Crippen LogP contribution in [-0.2, 0) is 20.0 Å². The third-order valence-electron chi connectivity index (χ3n) is 5.04. The first-order chi connectivity index (χ1) is 18.0. The summed E-state index contributed by atoms with van der Waals surface area (Å²) in [4.78, 5) is -1.08. The minimum absolute atomic E-state index is 0.198. The monoisotopic (exact) mass is 570 g/mol. The minimum Gasteiger partial charge on any atom is -0.495 e. The molecule has 0 atom stereocenters. The lowest BCUT2D eigenvalue weighted by Gasteiger charge is -2.15. The van der Waals surface area contributed by atoms with Gasteiger partial charge in [-0.2, -0.15) is 0 Å². The maximum absolute atomic E-state index is 14.4. The van der Waals surface area contributed by atoms with Crippen LogP contribution in [-0.4, -0.2) is 37.2 Å². The molecule has 0 fully saturated rings. The van der Waals surface area contributed by atoms with Gasteiger partial charge < -0.3 is 14.2 Å². The van der Waals surface area contributed by atoms with Gasteiger partial charge in [-0.15, -0.1) is 0 Å². The van der Waals surface area contributed by atoms with Gasteiger partial charge in [-0.1, -0.05) is 13.8 Å². The predicted octanol–water partition coefficient (Wildman–Crippen LogP) is 5.15. The molecule has 0 unspecified atom stereocenters. The molecule has 0 aromatic heterocycles. The average molecular weight is 571 g/mol. The Morgan fingerprint density at radius 2 is 1.21 bits per heavy atom. The summed E-state index contributed by atoms with van der Waals surface area (Å²) in [6.07, 6.45) is 1.38. The molecule has 13 heteroatoms. The summed E-state index contributed by atoms with van der Waals surface area (Å²) in [5, 5.41) is 0. The van der Waals surface area contributed by atoms with E-state index in [0.29, 0.717) is 26.1 Å². The lowest BCUT2D eigenvalue weighted by Crippen LogP contribution is -2.18. The van der Waals surface area contributed by atoms with Crippen LogP contribution >= 0.6 is 0 Å². The molecule has 3 aromatic rings. The maximum atomic E-state index is 14.4. The normalized spacial score (nSPS) is 11.6. The zero-order chi connectivity index (χ0) is 27.9. The summed E-state index contributed by atoms with van der Waals surface area (Å²) >= 11 is 0. The molecular formula is C25H28F2N2O7S2.